The molecule has 0 saturated heterocycles. The molecule has 1 aromatic heterocycles. The molecule has 0 atom stereocenters. The Bertz CT molecular complexity index is 652. The van der Waals surface area contributed by atoms with Crippen molar-refractivity contribution in [1.29, 1.82) is 0 Å². The van der Waals surface area contributed by atoms with Crippen molar-refractivity contribution < 1.29 is 13.6 Å². The normalized spacial score (nSPS) is 10.4. The van der Waals surface area contributed by atoms with Gasteiger partial charge in [0.15, 0.2) is 0 Å². The number of nitrogens with two attached hydrogens (primary N) is 1. The van der Waals surface area contributed by atoms with Crippen LogP contribution in [0.5, 0.6) is 0 Å². The lowest BCUT2D eigenvalue weighted by molar-refractivity contribution is 0.0118. The quantitative estimate of drug-likeness (QED) is 0.832. The first kappa shape index (κ1) is 21.7. The highest BCUT2D eigenvalue weighted by atomic mass is 35.5. The average molecular weight is 384 g/mol. The maximum absolute atomic E-state index is 13.0. The second-order valence-corrected chi connectivity index (χ2v) is 5.64. The predicted octanol–water partition coefficient (Wildman–Crippen LogP) is 3.29. The van der Waals surface area contributed by atoms with Gasteiger partial charge in [-0.2, -0.15) is 0 Å². The lowest BCUT2D eigenvalue weighted by atomic mass is 10.1. The Morgan fingerprint density at radius 1 is 1.39 bits per heavy atom. The number of alkyl halides is 2. The summed E-state index contributed by atoms with van der Waals surface area (Å²) < 4.78 is 26.1. The Morgan fingerprint density at radius 2 is 2.09 bits per heavy atom. The van der Waals surface area contributed by atoms with E-state index in [0.717, 1.165) is 16.3 Å². The predicted molar refractivity (Wildman–Crippen MR) is 93.1 cm³/mol. The number of benzene rings is 1. The number of carbonyl (C=O) groups excluding carboxylic acids is 1. The number of hydrogen-bond acceptors (Lipinski definition) is 4. The first-order chi connectivity index (χ1) is 9.91. The van der Waals surface area contributed by atoms with E-state index in [2.05, 4.69) is 10.3 Å². The average Bonchev–Trinajstić information content (AvgIpc) is 2.92. The minimum atomic E-state index is -3.10. The van der Waals surface area contributed by atoms with Crippen LogP contribution in [-0.2, 0) is 0 Å². The fraction of sp³-hybridized carbons (Fsp3) is 0.286. The minimum absolute atomic E-state index is 0. The van der Waals surface area contributed by atoms with Gasteiger partial charge in [-0.15, -0.1) is 36.2 Å². The summed E-state index contributed by atoms with van der Waals surface area (Å²) in [6.45, 7) is 0.313. The Labute approximate surface area is 149 Å². The van der Waals surface area contributed by atoms with E-state index in [0.29, 0.717) is 5.56 Å². The summed E-state index contributed by atoms with van der Waals surface area (Å²) in [7, 11) is 0. The maximum Gasteiger partial charge on any atom is 0.277 e. The highest BCUT2D eigenvalue weighted by Gasteiger charge is 2.27. The molecule has 4 nitrogen and oxygen atoms in total. The van der Waals surface area contributed by atoms with Crippen LogP contribution in [-0.4, -0.2) is 29.9 Å². The van der Waals surface area contributed by atoms with Crippen molar-refractivity contribution in [2.24, 2.45) is 5.73 Å². The zero-order valence-corrected chi connectivity index (χ0v) is 14.7. The van der Waals surface area contributed by atoms with Crippen molar-refractivity contribution in [3.05, 3.63) is 40.2 Å². The number of thiazole rings is 1. The molecule has 0 fully saturated rings. The molecule has 0 saturated carbocycles. The Kier molecular flexibility index (Phi) is 8.61. The lowest BCUT2D eigenvalue weighted by Crippen LogP contribution is -2.41. The van der Waals surface area contributed by atoms with Gasteiger partial charge in [-0.3, -0.25) is 4.79 Å². The van der Waals surface area contributed by atoms with Crippen LogP contribution in [0.2, 0.25) is 0 Å². The SMILES string of the molecule is Cc1nc(-c2cccc(C(=O)NCC(F)(F)CN)c2)cs1.Cl.Cl. The number of aromatic nitrogens is 1. The summed E-state index contributed by atoms with van der Waals surface area (Å²) in [6.07, 6.45) is 0. The summed E-state index contributed by atoms with van der Waals surface area (Å²) >= 11 is 1.51. The molecular formula is C14H17Cl2F2N3OS. The van der Waals surface area contributed by atoms with Crippen LogP contribution in [0.25, 0.3) is 11.3 Å². The van der Waals surface area contributed by atoms with E-state index in [9.17, 15) is 13.6 Å². The van der Waals surface area contributed by atoms with Crippen molar-refractivity contribution in [2.45, 2.75) is 12.8 Å². The van der Waals surface area contributed by atoms with Crippen molar-refractivity contribution in [3.8, 4) is 11.3 Å². The second-order valence-electron chi connectivity index (χ2n) is 4.58. The molecular weight excluding hydrogens is 367 g/mol. The van der Waals surface area contributed by atoms with Crippen LogP contribution in [0.1, 0.15) is 15.4 Å². The van der Waals surface area contributed by atoms with Crippen LogP contribution < -0.4 is 11.1 Å². The van der Waals surface area contributed by atoms with Crippen LogP contribution in [0.15, 0.2) is 29.6 Å². The number of amides is 1. The van der Waals surface area contributed by atoms with Gasteiger partial charge in [-0.25, -0.2) is 13.8 Å². The number of carbonyl (C=O) groups is 1. The third-order valence-corrected chi connectivity index (χ3v) is 3.62. The lowest BCUT2D eigenvalue weighted by Gasteiger charge is -2.14. The molecule has 0 radical (unpaired) electrons. The summed E-state index contributed by atoms with van der Waals surface area (Å²) in [5.41, 5.74) is 6.78. The number of nitrogens with zero attached hydrogens (tertiary/aromatic N) is 1. The number of aryl methyl sites for hydroxylation is 1. The van der Waals surface area contributed by atoms with Gasteiger partial charge >= 0.3 is 0 Å². The van der Waals surface area contributed by atoms with E-state index in [1.807, 2.05) is 18.4 Å². The van der Waals surface area contributed by atoms with Gasteiger partial charge in [0, 0.05) is 16.5 Å². The van der Waals surface area contributed by atoms with Crippen LogP contribution >= 0.6 is 36.2 Å². The third kappa shape index (κ3) is 6.02. The van der Waals surface area contributed by atoms with Gasteiger partial charge in [0.2, 0.25) is 0 Å². The molecule has 0 aliphatic rings. The molecule has 1 aromatic carbocycles. The van der Waals surface area contributed by atoms with Crippen molar-refractivity contribution >= 4 is 42.1 Å². The molecule has 0 aliphatic carbocycles. The molecule has 2 rings (SSSR count). The van der Waals surface area contributed by atoms with E-state index in [1.54, 1.807) is 18.2 Å². The first-order valence-corrected chi connectivity index (χ1v) is 7.18. The summed E-state index contributed by atoms with van der Waals surface area (Å²) in [4.78, 5) is 16.2. The third-order valence-electron chi connectivity index (χ3n) is 2.85. The Morgan fingerprint density at radius 3 is 2.65 bits per heavy atom. The number of nitrogens with one attached hydrogen (secondary N) is 1. The van der Waals surface area contributed by atoms with Gasteiger partial charge in [0.25, 0.3) is 11.8 Å². The van der Waals surface area contributed by atoms with Gasteiger partial charge in [0.1, 0.15) is 0 Å². The van der Waals surface area contributed by atoms with Crippen LogP contribution in [0.3, 0.4) is 0 Å². The highest BCUT2D eigenvalue weighted by molar-refractivity contribution is 7.09. The van der Waals surface area contributed by atoms with E-state index in [1.165, 1.54) is 11.3 Å². The Balaban J connectivity index is 0.00000242. The Hall–Kier alpha value is -1.28. The summed E-state index contributed by atoms with van der Waals surface area (Å²) in [5, 5.41) is 4.99. The highest BCUT2D eigenvalue weighted by Crippen LogP contribution is 2.22. The molecule has 23 heavy (non-hydrogen) atoms. The zero-order valence-electron chi connectivity index (χ0n) is 12.2. The standard InChI is InChI=1S/C14H15F2N3OS.2ClH/c1-9-19-12(6-21-9)10-3-2-4-11(5-10)13(20)18-8-14(15,16)7-17;;/h2-6H,7-8,17H2,1H3,(H,18,20);2*1H. The molecule has 0 spiro atoms. The zero-order chi connectivity index (χ0) is 15.5. The van der Waals surface area contributed by atoms with Crippen molar-refractivity contribution in [1.82, 2.24) is 10.3 Å². The van der Waals surface area contributed by atoms with E-state index < -0.39 is 24.9 Å². The van der Waals surface area contributed by atoms with Crippen molar-refractivity contribution in [3.63, 3.8) is 0 Å². The molecule has 0 bridgehead atoms. The van der Waals surface area contributed by atoms with Gasteiger partial charge in [-0.1, -0.05) is 12.1 Å². The van der Waals surface area contributed by atoms with E-state index in [-0.39, 0.29) is 24.8 Å². The smallest absolute Gasteiger partial charge is 0.277 e. The molecule has 0 aliphatic heterocycles. The molecule has 128 valence electrons. The second kappa shape index (κ2) is 9.12. The first-order valence-electron chi connectivity index (χ1n) is 6.30. The number of hydrogen-bond donors (Lipinski definition) is 2. The van der Waals surface area contributed by atoms with Gasteiger partial charge in [0.05, 0.1) is 23.8 Å². The number of rotatable bonds is 5. The fourth-order valence-corrected chi connectivity index (χ4v) is 2.32. The number of halogens is 4. The summed E-state index contributed by atoms with van der Waals surface area (Å²) in [6, 6.07) is 6.71. The molecule has 2 aromatic rings. The monoisotopic (exact) mass is 383 g/mol. The van der Waals surface area contributed by atoms with Crippen molar-refractivity contribution in [2.75, 3.05) is 13.1 Å². The molecule has 3 N–H and O–H groups in total. The minimum Gasteiger partial charge on any atom is -0.346 e. The topological polar surface area (TPSA) is 68.0 Å². The van der Waals surface area contributed by atoms with Crippen LogP contribution in [0, 0.1) is 6.92 Å². The molecule has 1 amide bonds. The van der Waals surface area contributed by atoms with E-state index in [4.69, 9.17) is 5.73 Å². The summed E-state index contributed by atoms with van der Waals surface area (Å²) in [5.74, 6) is -3.66. The van der Waals surface area contributed by atoms with Gasteiger partial charge in [-0.05, 0) is 19.1 Å². The maximum atomic E-state index is 13.0. The fourth-order valence-electron chi connectivity index (χ4n) is 1.70. The van der Waals surface area contributed by atoms with Gasteiger partial charge < -0.3 is 11.1 Å². The molecule has 9 heteroatoms. The molecule has 0 unspecified atom stereocenters. The van der Waals surface area contributed by atoms with Crippen LogP contribution in [0.4, 0.5) is 8.78 Å². The molecule has 1 heterocycles. The van der Waals surface area contributed by atoms with E-state index >= 15 is 0 Å². The largest absolute Gasteiger partial charge is 0.346 e.